The molecule has 2 aromatic heterocycles. The zero-order valence-electron chi connectivity index (χ0n) is 11.1. The minimum absolute atomic E-state index is 0.342. The van der Waals surface area contributed by atoms with E-state index < -0.39 is 0 Å². The lowest BCUT2D eigenvalue weighted by atomic mass is 10.1. The average Bonchev–Trinajstić information content (AvgIpc) is 2.84. The number of likely N-dealkylation sites (N-methyl/N-ethyl adjacent to an activating group) is 1. The molecular formula is C13H18BrN3S. The molecule has 3 nitrogen and oxygen atoms in total. The fourth-order valence-electron chi connectivity index (χ4n) is 2.08. The van der Waals surface area contributed by atoms with Crippen molar-refractivity contribution in [3.8, 4) is 0 Å². The molecule has 1 atom stereocenters. The van der Waals surface area contributed by atoms with E-state index in [2.05, 4.69) is 45.4 Å². The fourth-order valence-corrected chi connectivity index (χ4v) is 3.57. The summed E-state index contributed by atoms with van der Waals surface area (Å²) in [6, 6.07) is 4.72. The van der Waals surface area contributed by atoms with E-state index in [1.54, 1.807) is 0 Å². The first-order valence-electron chi connectivity index (χ1n) is 5.94. The van der Waals surface area contributed by atoms with E-state index in [1.165, 1.54) is 15.4 Å². The standard InChI is InChI=1S/C13H18BrN3S/c1-8-5-6-12(18-8)10(15-3)7-11-13(14)9(2)16-17(11)4/h5-6,10,15H,7H2,1-4H3. The van der Waals surface area contributed by atoms with Crippen molar-refractivity contribution in [2.45, 2.75) is 26.3 Å². The number of halogens is 1. The Morgan fingerprint density at radius 1 is 1.44 bits per heavy atom. The molecule has 18 heavy (non-hydrogen) atoms. The molecule has 0 bridgehead atoms. The van der Waals surface area contributed by atoms with Crippen molar-refractivity contribution in [1.82, 2.24) is 15.1 Å². The van der Waals surface area contributed by atoms with E-state index in [1.807, 2.05) is 37.0 Å². The van der Waals surface area contributed by atoms with Crippen LogP contribution in [0.25, 0.3) is 0 Å². The Balaban J connectivity index is 2.25. The van der Waals surface area contributed by atoms with Gasteiger partial charge in [-0.25, -0.2) is 0 Å². The van der Waals surface area contributed by atoms with Crippen LogP contribution in [0.3, 0.4) is 0 Å². The Morgan fingerprint density at radius 2 is 2.17 bits per heavy atom. The van der Waals surface area contributed by atoms with Crippen molar-refractivity contribution in [3.63, 3.8) is 0 Å². The Labute approximate surface area is 120 Å². The molecule has 2 rings (SSSR count). The van der Waals surface area contributed by atoms with Gasteiger partial charge in [0.1, 0.15) is 0 Å². The highest BCUT2D eigenvalue weighted by Gasteiger charge is 2.18. The molecule has 0 amide bonds. The number of rotatable bonds is 4. The number of hydrogen-bond donors (Lipinski definition) is 1. The molecule has 0 spiro atoms. The quantitative estimate of drug-likeness (QED) is 0.933. The second-order valence-corrected chi connectivity index (χ2v) is 6.58. The van der Waals surface area contributed by atoms with Gasteiger partial charge in [0, 0.05) is 29.3 Å². The molecule has 2 heterocycles. The first-order chi connectivity index (χ1) is 8.52. The number of aromatic nitrogens is 2. The fraction of sp³-hybridized carbons (Fsp3) is 0.462. The molecule has 0 aromatic carbocycles. The second kappa shape index (κ2) is 5.55. The maximum absolute atomic E-state index is 4.44. The number of nitrogens with zero attached hydrogens (tertiary/aromatic N) is 2. The minimum atomic E-state index is 0.342. The highest BCUT2D eigenvalue weighted by molar-refractivity contribution is 9.10. The second-order valence-electron chi connectivity index (χ2n) is 4.46. The van der Waals surface area contributed by atoms with Crippen molar-refractivity contribution in [1.29, 1.82) is 0 Å². The maximum atomic E-state index is 4.44. The largest absolute Gasteiger partial charge is 0.312 e. The number of nitrogens with one attached hydrogen (secondary N) is 1. The van der Waals surface area contributed by atoms with Crippen LogP contribution in [0.4, 0.5) is 0 Å². The van der Waals surface area contributed by atoms with Crippen LogP contribution in [-0.4, -0.2) is 16.8 Å². The van der Waals surface area contributed by atoms with E-state index in [0.29, 0.717) is 6.04 Å². The molecule has 0 radical (unpaired) electrons. The van der Waals surface area contributed by atoms with Crippen LogP contribution in [0.1, 0.15) is 27.2 Å². The van der Waals surface area contributed by atoms with Crippen molar-refractivity contribution in [2.75, 3.05) is 7.05 Å². The van der Waals surface area contributed by atoms with Crippen LogP contribution in [0.2, 0.25) is 0 Å². The molecular weight excluding hydrogens is 310 g/mol. The van der Waals surface area contributed by atoms with Gasteiger partial charge in [0.2, 0.25) is 0 Å². The SMILES string of the molecule is CNC(Cc1c(Br)c(C)nn1C)c1ccc(C)s1. The van der Waals surface area contributed by atoms with Gasteiger partial charge in [-0.15, -0.1) is 11.3 Å². The first kappa shape index (κ1) is 13.8. The van der Waals surface area contributed by atoms with E-state index in [0.717, 1.165) is 16.6 Å². The Kier molecular flexibility index (Phi) is 4.25. The zero-order chi connectivity index (χ0) is 13.3. The number of aryl methyl sites for hydroxylation is 3. The Bertz CT molecular complexity index is 544. The van der Waals surface area contributed by atoms with Gasteiger partial charge in [-0.1, -0.05) is 0 Å². The van der Waals surface area contributed by atoms with E-state index in [9.17, 15) is 0 Å². The molecule has 2 aromatic rings. The van der Waals surface area contributed by atoms with E-state index in [-0.39, 0.29) is 0 Å². The lowest BCUT2D eigenvalue weighted by Crippen LogP contribution is -2.19. The maximum Gasteiger partial charge on any atom is 0.0738 e. The smallest absolute Gasteiger partial charge is 0.0738 e. The summed E-state index contributed by atoms with van der Waals surface area (Å²) in [5.74, 6) is 0. The monoisotopic (exact) mass is 327 g/mol. The van der Waals surface area contributed by atoms with Crippen molar-refractivity contribution in [2.24, 2.45) is 7.05 Å². The van der Waals surface area contributed by atoms with Gasteiger partial charge >= 0.3 is 0 Å². The van der Waals surface area contributed by atoms with Crippen molar-refractivity contribution < 1.29 is 0 Å². The summed E-state index contributed by atoms with van der Waals surface area (Å²) in [5, 5.41) is 7.83. The van der Waals surface area contributed by atoms with Crippen LogP contribution in [0.15, 0.2) is 16.6 Å². The summed E-state index contributed by atoms with van der Waals surface area (Å²) in [5.41, 5.74) is 2.28. The molecule has 1 unspecified atom stereocenters. The van der Waals surface area contributed by atoms with Gasteiger partial charge < -0.3 is 5.32 Å². The first-order valence-corrected chi connectivity index (χ1v) is 7.55. The molecule has 98 valence electrons. The van der Waals surface area contributed by atoms with Gasteiger partial charge in [0.15, 0.2) is 0 Å². The molecule has 0 saturated heterocycles. The van der Waals surface area contributed by atoms with Crippen LogP contribution in [-0.2, 0) is 13.5 Å². The average molecular weight is 328 g/mol. The van der Waals surface area contributed by atoms with Gasteiger partial charge in [-0.05, 0) is 49.0 Å². The summed E-state index contributed by atoms with van der Waals surface area (Å²) in [6.07, 6.45) is 0.939. The predicted molar refractivity (Wildman–Crippen MR) is 80.2 cm³/mol. The van der Waals surface area contributed by atoms with Crippen LogP contribution >= 0.6 is 27.3 Å². The van der Waals surface area contributed by atoms with Gasteiger partial charge in [0.25, 0.3) is 0 Å². The predicted octanol–water partition coefficient (Wildman–Crippen LogP) is 3.36. The molecule has 1 N–H and O–H groups in total. The highest BCUT2D eigenvalue weighted by atomic mass is 79.9. The molecule has 0 aliphatic carbocycles. The van der Waals surface area contributed by atoms with Crippen molar-refractivity contribution >= 4 is 27.3 Å². The Hall–Kier alpha value is -0.650. The molecule has 0 fully saturated rings. The summed E-state index contributed by atoms with van der Waals surface area (Å²) >= 11 is 5.48. The van der Waals surface area contributed by atoms with Crippen LogP contribution < -0.4 is 5.32 Å². The third-order valence-corrected chi connectivity index (χ3v) is 5.26. The minimum Gasteiger partial charge on any atom is -0.312 e. The molecule has 0 saturated carbocycles. The normalized spacial score (nSPS) is 12.9. The van der Waals surface area contributed by atoms with Crippen LogP contribution in [0.5, 0.6) is 0 Å². The highest BCUT2D eigenvalue weighted by Crippen LogP contribution is 2.29. The zero-order valence-corrected chi connectivity index (χ0v) is 13.5. The third kappa shape index (κ3) is 2.68. The number of hydrogen-bond acceptors (Lipinski definition) is 3. The third-order valence-electron chi connectivity index (χ3n) is 3.11. The van der Waals surface area contributed by atoms with E-state index >= 15 is 0 Å². The summed E-state index contributed by atoms with van der Waals surface area (Å²) < 4.78 is 3.09. The lowest BCUT2D eigenvalue weighted by molar-refractivity contribution is 0.568. The molecule has 0 aliphatic heterocycles. The summed E-state index contributed by atoms with van der Waals surface area (Å²) in [4.78, 5) is 2.73. The van der Waals surface area contributed by atoms with E-state index in [4.69, 9.17) is 0 Å². The van der Waals surface area contributed by atoms with Crippen LogP contribution in [0, 0.1) is 13.8 Å². The van der Waals surface area contributed by atoms with Crippen molar-refractivity contribution in [3.05, 3.63) is 37.7 Å². The Morgan fingerprint density at radius 3 is 2.61 bits per heavy atom. The topological polar surface area (TPSA) is 29.9 Å². The number of thiophene rings is 1. The lowest BCUT2D eigenvalue weighted by Gasteiger charge is -2.15. The molecule has 0 aliphatic rings. The molecule has 5 heteroatoms. The summed E-state index contributed by atoms with van der Waals surface area (Å²) in [7, 11) is 4.01. The van der Waals surface area contributed by atoms with Gasteiger partial charge in [-0.3, -0.25) is 4.68 Å². The van der Waals surface area contributed by atoms with Gasteiger partial charge in [0.05, 0.1) is 15.9 Å². The summed E-state index contributed by atoms with van der Waals surface area (Å²) in [6.45, 7) is 4.17. The van der Waals surface area contributed by atoms with Gasteiger partial charge in [-0.2, -0.15) is 5.10 Å².